The molecule has 1 aliphatic rings. The first-order chi connectivity index (χ1) is 12.9. The number of methoxy groups -OCH3 is 1. The minimum absolute atomic E-state index is 0.122. The molecule has 0 aromatic heterocycles. The van der Waals surface area contributed by atoms with Gasteiger partial charge < -0.3 is 9.47 Å². The molecule has 138 valence electrons. The van der Waals surface area contributed by atoms with E-state index >= 15 is 0 Å². The summed E-state index contributed by atoms with van der Waals surface area (Å²) in [6, 6.07) is 12.2. The molecule has 2 amide bonds. The summed E-state index contributed by atoms with van der Waals surface area (Å²) in [5.41, 5.74) is 2.54. The van der Waals surface area contributed by atoms with Crippen molar-refractivity contribution in [2.45, 2.75) is 20.5 Å². The van der Waals surface area contributed by atoms with Gasteiger partial charge in [-0.2, -0.15) is 0 Å². The first-order valence-corrected chi connectivity index (χ1v) is 8.37. The van der Waals surface area contributed by atoms with Gasteiger partial charge in [0, 0.05) is 18.1 Å². The summed E-state index contributed by atoms with van der Waals surface area (Å²) in [6.07, 6.45) is 1.34. The molecule has 0 bridgehead atoms. The van der Waals surface area contributed by atoms with Gasteiger partial charge in [0.05, 0.1) is 24.6 Å². The van der Waals surface area contributed by atoms with Crippen molar-refractivity contribution >= 4 is 28.9 Å². The number of Topliss-reactive ketones (excluding diaryl/α,β-unsaturated/α-hetero) is 1. The third-order valence-electron chi connectivity index (χ3n) is 4.27. The third kappa shape index (κ3) is 3.60. The lowest BCUT2D eigenvalue weighted by atomic mass is 10.0. The van der Waals surface area contributed by atoms with E-state index in [4.69, 9.17) is 9.47 Å². The fraction of sp³-hybridized carbons (Fsp3) is 0.190. The van der Waals surface area contributed by atoms with E-state index in [0.29, 0.717) is 22.6 Å². The highest BCUT2D eigenvalue weighted by Crippen LogP contribution is 2.37. The van der Waals surface area contributed by atoms with Crippen LogP contribution >= 0.6 is 0 Å². The number of anilines is 1. The maximum Gasteiger partial charge on any atom is 0.268 e. The van der Waals surface area contributed by atoms with Crippen LogP contribution in [0.4, 0.5) is 5.69 Å². The van der Waals surface area contributed by atoms with Crippen LogP contribution in [-0.2, 0) is 20.9 Å². The van der Waals surface area contributed by atoms with Crippen molar-refractivity contribution < 1.29 is 23.9 Å². The minimum atomic E-state index is -0.469. The summed E-state index contributed by atoms with van der Waals surface area (Å²) in [4.78, 5) is 37.3. The summed E-state index contributed by atoms with van der Waals surface area (Å²) in [6.45, 7) is 3.00. The van der Waals surface area contributed by atoms with Crippen LogP contribution in [0.2, 0.25) is 0 Å². The van der Waals surface area contributed by atoms with Crippen LogP contribution in [-0.4, -0.2) is 24.7 Å². The van der Waals surface area contributed by atoms with Crippen molar-refractivity contribution in [1.82, 2.24) is 0 Å². The Balaban J connectivity index is 1.91. The molecule has 27 heavy (non-hydrogen) atoms. The van der Waals surface area contributed by atoms with E-state index in [2.05, 4.69) is 0 Å². The first kappa shape index (κ1) is 18.4. The Hall–Kier alpha value is -3.41. The summed E-state index contributed by atoms with van der Waals surface area (Å²) in [5.74, 6) is -0.278. The minimum Gasteiger partial charge on any atom is -0.497 e. The van der Waals surface area contributed by atoms with Gasteiger partial charge in [-0.25, -0.2) is 4.90 Å². The standard InChI is InChI=1S/C21H19NO5/c1-13(23)16-7-8-20-18(10-16)19(21(25)22(20)14(2)24)12-27-11-15-5-4-6-17(9-15)26-3/h4-10,12H,11H2,1-3H3. The fourth-order valence-corrected chi connectivity index (χ4v) is 2.92. The molecule has 2 aromatic carbocycles. The second-order valence-electron chi connectivity index (χ2n) is 6.14. The largest absolute Gasteiger partial charge is 0.497 e. The molecule has 6 heteroatoms. The van der Waals surface area contributed by atoms with Crippen molar-refractivity contribution in [1.29, 1.82) is 0 Å². The number of imide groups is 1. The maximum atomic E-state index is 12.7. The maximum absolute atomic E-state index is 12.7. The van der Waals surface area contributed by atoms with Crippen molar-refractivity contribution in [3.63, 3.8) is 0 Å². The van der Waals surface area contributed by atoms with Crippen molar-refractivity contribution in [3.8, 4) is 5.75 Å². The van der Waals surface area contributed by atoms with Gasteiger partial charge >= 0.3 is 0 Å². The van der Waals surface area contributed by atoms with E-state index in [1.807, 2.05) is 24.3 Å². The average Bonchev–Trinajstić information content (AvgIpc) is 2.93. The number of ether oxygens (including phenoxy) is 2. The number of amides is 2. The van der Waals surface area contributed by atoms with E-state index in [9.17, 15) is 14.4 Å². The summed E-state index contributed by atoms with van der Waals surface area (Å²) < 4.78 is 10.8. The van der Waals surface area contributed by atoms with Gasteiger partial charge in [0.25, 0.3) is 5.91 Å². The Morgan fingerprint density at radius 2 is 1.89 bits per heavy atom. The average molecular weight is 365 g/mol. The lowest BCUT2D eigenvalue weighted by Gasteiger charge is -2.12. The Labute approximate surface area is 157 Å². The Morgan fingerprint density at radius 1 is 1.11 bits per heavy atom. The smallest absolute Gasteiger partial charge is 0.268 e. The van der Waals surface area contributed by atoms with Crippen molar-refractivity contribution in [2.75, 3.05) is 12.0 Å². The topological polar surface area (TPSA) is 72.9 Å². The molecule has 2 aromatic rings. The quantitative estimate of drug-likeness (QED) is 0.462. The Bertz CT molecular complexity index is 961. The van der Waals surface area contributed by atoms with E-state index in [1.54, 1.807) is 25.3 Å². The summed E-state index contributed by atoms with van der Waals surface area (Å²) in [7, 11) is 1.58. The van der Waals surface area contributed by atoms with Gasteiger partial charge in [-0.3, -0.25) is 14.4 Å². The monoisotopic (exact) mass is 365 g/mol. The molecule has 3 rings (SSSR count). The highest BCUT2D eigenvalue weighted by molar-refractivity contribution is 6.39. The number of benzene rings is 2. The van der Waals surface area contributed by atoms with Gasteiger partial charge in [-0.15, -0.1) is 0 Å². The van der Waals surface area contributed by atoms with Gasteiger partial charge in [-0.05, 0) is 42.8 Å². The lowest BCUT2D eigenvalue weighted by molar-refractivity contribution is -0.122. The van der Waals surface area contributed by atoms with E-state index < -0.39 is 11.8 Å². The molecule has 0 N–H and O–H groups in total. The van der Waals surface area contributed by atoms with E-state index in [0.717, 1.165) is 10.5 Å². The van der Waals surface area contributed by atoms with Crippen LogP contribution in [0.3, 0.4) is 0 Å². The number of ketones is 1. The van der Waals surface area contributed by atoms with Crippen LogP contribution in [0, 0.1) is 0 Å². The molecule has 1 heterocycles. The van der Waals surface area contributed by atoms with Gasteiger partial charge in [0.2, 0.25) is 5.91 Å². The summed E-state index contributed by atoms with van der Waals surface area (Å²) >= 11 is 0. The number of fused-ring (bicyclic) bond motifs is 1. The fourth-order valence-electron chi connectivity index (χ4n) is 2.92. The number of nitrogens with zero attached hydrogens (tertiary/aromatic N) is 1. The second-order valence-corrected chi connectivity index (χ2v) is 6.14. The molecule has 0 radical (unpaired) electrons. The Morgan fingerprint density at radius 3 is 2.56 bits per heavy atom. The lowest BCUT2D eigenvalue weighted by Crippen LogP contribution is -2.31. The first-order valence-electron chi connectivity index (χ1n) is 8.37. The number of hydrogen-bond acceptors (Lipinski definition) is 5. The molecule has 0 spiro atoms. The van der Waals surface area contributed by atoms with Crippen LogP contribution in [0.1, 0.15) is 35.3 Å². The molecule has 0 atom stereocenters. The SMILES string of the molecule is COc1cccc(COC=C2C(=O)N(C(C)=O)c3ccc(C(C)=O)cc32)c1. The van der Waals surface area contributed by atoms with Crippen LogP contribution in [0.25, 0.3) is 5.57 Å². The third-order valence-corrected chi connectivity index (χ3v) is 4.27. The van der Waals surface area contributed by atoms with E-state index in [-0.39, 0.29) is 18.0 Å². The molecule has 1 aliphatic heterocycles. The molecule has 0 unspecified atom stereocenters. The van der Waals surface area contributed by atoms with Crippen LogP contribution in [0.15, 0.2) is 48.7 Å². The van der Waals surface area contributed by atoms with Gasteiger partial charge in [0.15, 0.2) is 5.78 Å². The van der Waals surface area contributed by atoms with Gasteiger partial charge in [-0.1, -0.05) is 12.1 Å². The Kier molecular flexibility index (Phi) is 5.07. The number of carbonyl (C=O) groups excluding carboxylic acids is 3. The predicted octanol–water partition coefficient (Wildman–Crippen LogP) is 3.35. The molecule has 0 saturated heterocycles. The molecular weight excluding hydrogens is 346 g/mol. The second kappa shape index (κ2) is 7.45. The number of rotatable bonds is 5. The molecule has 6 nitrogen and oxygen atoms in total. The number of carbonyl (C=O) groups is 3. The van der Waals surface area contributed by atoms with Crippen molar-refractivity contribution in [2.24, 2.45) is 0 Å². The molecular formula is C21H19NO5. The zero-order chi connectivity index (χ0) is 19.6. The van der Waals surface area contributed by atoms with Crippen molar-refractivity contribution in [3.05, 3.63) is 65.4 Å². The van der Waals surface area contributed by atoms with Crippen LogP contribution < -0.4 is 9.64 Å². The molecule has 0 fully saturated rings. The zero-order valence-corrected chi connectivity index (χ0v) is 15.3. The predicted molar refractivity (Wildman–Crippen MR) is 100 cm³/mol. The number of hydrogen-bond donors (Lipinski definition) is 0. The highest BCUT2D eigenvalue weighted by Gasteiger charge is 2.35. The van der Waals surface area contributed by atoms with Crippen LogP contribution in [0.5, 0.6) is 5.75 Å². The van der Waals surface area contributed by atoms with E-state index in [1.165, 1.54) is 20.1 Å². The zero-order valence-electron chi connectivity index (χ0n) is 15.3. The molecule has 0 aliphatic carbocycles. The highest BCUT2D eigenvalue weighted by atomic mass is 16.5. The normalized spacial score (nSPS) is 14.3. The molecule has 0 saturated carbocycles. The van der Waals surface area contributed by atoms with Gasteiger partial charge in [0.1, 0.15) is 12.4 Å². The summed E-state index contributed by atoms with van der Waals surface area (Å²) in [5, 5.41) is 0.